The number of amides is 2. The van der Waals surface area contributed by atoms with Crippen LogP contribution in [0.25, 0.3) is 11.3 Å². The third-order valence-electron chi connectivity index (χ3n) is 7.26. The fourth-order valence-corrected chi connectivity index (χ4v) is 5.01. The summed E-state index contributed by atoms with van der Waals surface area (Å²) in [6.07, 6.45) is 2.63. The molecular weight excluding hydrogens is 570 g/mol. The predicted octanol–water partition coefficient (Wildman–Crippen LogP) is 5.73. The van der Waals surface area contributed by atoms with Gasteiger partial charge in [-0.3, -0.25) is 9.59 Å². The summed E-state index contributed by atoms with van der Waals surface area (Å²) in [5, 5.41) is 6.19. The van der Waals surface area contributed by atoms with Gasteiger partial charge in [-0.25, -0.2) is 13.8 Å². The Labute approximate surface area is 256 Å². The Morgan fingerprint density at radius 3 is 2.40 bits per heavy atom. The molecule has 2 heterocycles. The van der Waals surface area contributed by atoms with Gasteiger partial charge in [0, 0.05) is 36.4 Å². The van der Waals surface area contributed by atoms with Crippen LogP contribution in [0, 0.1) is 11.6 Å². The second kappa shape index (κ2) is 14.3. The molecule has 0 unspecified atom stereocenters. The van der Waals surface area contributed by atoms with Crippen molar-refractivity contribution in [3.8, 4) is 11.3 Å². The first-order valence-corrected chi connectivity index (χ1v) is 14.1. The number of aromatic nitrogens is 2. The highest BCUT2D eigenvalue weighted by molar-refractivity contribution is 7.59. The van der Waals surface area contributed by atoms with Crippen molar-refractivity contribution in [1.29, 1.82) is 0 Å². The molecule has 1 aromatic heterocycles. The van der Waals surface area contributed by atoms with Crippen LogP contribution < -0.4 is 16.4 Å². The van der Waals surface area contributed by atoms with Crippen molar-refractivity contribution >= 4 is 42.5 Å². The van der Waals surface area contributed by atoms with Gasteiger partial charge in [0.15, 0.2) is 0 Å². The number of nitrogens with one attached hydrogen (secondary N) is 2. The Morgan fingerprint density at radius 2 is 1.70 bits per heavy atom. The minimum Gasteiger partial charge on any atom is -0.340 e. The Balaban J connectivity index is 0.00000423. The normalized spacial score (nSPS) is 13.1. The molecule has 5 rings (SSSR count). The molecule has 1 aliphatic heterocycles. The van der Waals surface area contributed by atoms with E-state index in [2.05, 4.69) is 10.6 Å². The van der Waals surface area contributed by atoms with Crippen molar-refractivity contribution < 1.29 is 18.4 Å². The average Bonchev–Trinajstić information content (AvgIpc) is 3.35. The van der Waals surface area contributed by atoms with E-state index < -0.39 is 6.04 Å². The predicted molar refractivity (Wildman–Crippen MR) is 169 cm³/mol. The van der Waals surface area contributed by atoms with Crippen LogP contribution in [-0.4, -0.2) is 38.9 Å². The Morgan fingerprint density at radius 1 is 0.977 bits per heavy atom. The SMILES string of the molecule is CCCCC(=O)Nc1ccc(C[C@H](N)C(=O)N2CCn3c(nc(-c4cccc(F)c4)c3Nc3ccc(F)cc3)C2)cc1.S. The quantitative estimate of drug-likeness (QED) is 0.214. The minimum atomic E-state index is -0.754. The molecule has 4 N–H and O–H groups in total. The number of benzene rings is 3. The fraction of sp³-hybridized carbons (Fsp3) is 0.281. The molecule has 3 aromatic carbocycles. The molecule has 11 heteroatoms. The highest BCUT2D eigenvalue weighted by atomic mass is 32.1. The van der Waals surface area contributed by atoms with Crippen LogP contribution in [-0.2, 0) is 29.1 Å². The molecule has 226 valence electrons. The number of nitrogens with zero attached hydrogens (tertiary/aromatic N) is 3. The number of hydrogen-bond acceptors (Lipinski definition) is 5. The maximum atomic E-state index is 14.1. The van der Waals surface area contributed by atoms with E-state index in [4.69, 9.17) is 10.7 Å². The number of unbranched alkanes of at least 4 members (excludes halogenated alkanes) is 1. The number of carbonyl (C=O) groups is 2. The summed E-state index contributed by atoms with van der Waals surface area (Å²) in [4.78, 5) is 31.8. The molecule has 0 saturated heterocycles. The average molecular weight is 607 g/mol. The molecule has 4 aromatic rings. The van der Waals surface area contributed by atoms with Gasteiger partial charge in [-0.05, 0) is 66.9 Å². The summed E-state index contributed by atoms with van der Waals surface area (Å²) in [5.41, 5.74) is 9.73. The van der Waals surface area contributed by atoms with Crippen LogP contribution in [0.3, 0.4) is 0 Å². The van der Waals surface area contributed by atoms with Gasteiger partial charge < -0.3 is 25.8 Å². The van der Waals surface area contributed by atoms with Crippen molar-refractivity contribution in [2.75, 3.05) is 17.2 Å². The van der Waals surface area contributed by atoms with Gasteiger partial charge in [-0.15, -0.1) is 0 Å². The summed E-state index contributed by atoms with van der Waals surface area (Å²) >= 11 is 0. The lowest BCUT2D eigenvalue weighted by Gasteiger charge is -2.30. The number of imidazole rings is 1. The van der Waals surface area contributed by atoms with E-state index >= 15 is 0 Å². The first-order valence-electron chi connectivity index (χ1n) is 14.1. The lowest BCUT2D eigenvalue weighted by atomic mass is 10.0. The van der Waals surface area contributed by atoms with Gasteiger partial charge in [0.25, 0.3) is 0 Å². The van der Waals surface area contributed by atoms with E-state index in [0.29, 0.717) is 60.2 Å². The smallest absolute Gasteiger partial charge is 0.240 e. The number of carbonyl (C=O) groups excluding carboxylic acids is 2. The zero-order chi connectivity index (χ0) is 29.6. The van der Waals surface area contributed by atoms with Crippen molar-refractivity contribution in [2.45, 2.75) is 51.7 Å². The molecule has 0 aliphatic carbocycles. The van der Waals surface area contributed by atoms with Gasteiger partial charge in [-0.1, -0.05) is 37.6 Å². The first-order chi connectivity index (χ1) is 20.3. The molecular formula is C32H36F2N6O2S. The molecule has 43 heavy (non-hydrogen) atoms. The number of rotatable bonds is 10. The maximum absolute atomic E-state index is 14.1. The fourth-order valence-electron chi connectivity index (χ4n) is 5.01. The lowest BCUT2D eigenvalue weighted by molar-refractivity contribution is -0.134. The van der Waals surface area contributed by atoms with Crippen molar-refractivity contribution in [1.82, 2.24) is 14.5 Å². The number of hydrogen-bond donors (Lipinski definition) is 3. The Kier molecular flexibility index (Phi) is 10.5. The largest absolute Gasteiger partial charge is 0.340 e. The lowest BCUT2D eigenvalue weighted by Crippen LogP contribution is -2.47. The topological polar surface area (TPSA) is 105 Å². The summed E-state index contributed by atoms with van der Waals surface area (Å²) in [5.74, 6) is 0.324. The Hall–Kier alpha value is -4.22. The van der Waals surface area contributed by atoms with Crippen molar-refractivity contribution in [3.05, 3.63) is 95.8 Å². The molecule has 0 radical (unpaired) electrons. The van der Waals surface area contributed by atoms with Gasteiger partial charge in [0.1, 0.15) is 29.0 Å². The first kappa shape index (κ1) is 31.7. The minimum absolute atomic E-state index is 0. The standard InChI is InChI=1S/C32H34F2N6O2.H2S/c1-2-3-7-29(41)36-25-12-8-21(9-13-25)18-27(35)32(42)39-16-17-40-28(20-39)38-30(22-5-4-6-24(34)19-22)31(40)37-26-14-10-23(33)11-15-26;/h4-6,8-15,19,27,37H,2-3,7,16-18,20,35H2,1H3,(H,36,41);1H2/t27-;/m0./s1. The van der Waals surface area contributed by atoms with Gasteiger partial charge >= 0.3 is 0 Å². The monoisotopic (exact) mass is 606 g/mol. The van der Waals surface area contributed by atoms with E-state index in [9.17, 15) is 18.4 Å². The highest BCUT2D eigenvalue weighted by Gasteiger charge is 2.29. The number of halogens is 2. The van der Waals surface area contributed by atoms with Gasteiger partial charge in [0.05, 0.1) is 12.6 Å². The number of anilines is 3. The van der Waals surface area contributed by atoms with E-state index in [1.807, 2.05) is 35.8 Å². The molecule has 0 spiro atoms. The molecule has 1 atom stereocenters. The molecule has 1 aliphatic rings. The summed E-state index contributed by atoms with van der Waals surface area (Å²) in [6.45, 7) is 3.15. The molecule has 8 nitrogen and oxygen atoms in total. The van der Waals surface area contributed by atoms with Gasteiger partial charge in [-0.2, -0.15) is 13.5 Å². The third-order valence-corrected chi connectivity index (χ3v) is 7.26. The summed E-state index contributed by atoms with van der Waals surface area (Å²) < 4.78 is 29.6. The molecule has 2 amide bonds. The van der Waals surface area contributed by atoms with Crippen LogP contribution in [0.4, 0.5) is 26.0 Å². The second-order valence-electron chi connectivity index (χ2n) is 10.4. The van der Waals surface area contributed by atoms with Crippen LogP contribution in [0.1, 0.15) is 37.6 Å². The van der Waals surface area contributed by atoms with Gasteiger partial charge in [0.2, 0.25) is 11.8 Å². The summed E-state index contributed by atoms with van der Waals surface area (Å²) in [6, 6.07) is 18.7. The van der Waals surface area contributed by atoms with Crippen LogP contribution in [0.2, 0.25) is 0 Å². The third kappa shape index (κ3) is 7.79. The number of nitrogens with two attached hydrogens (primary N) is 1. The summed E-state index contributed by atoms with van der Waals surface area (Å²) in [7, 11) is 0. The maximum Gasteiger partial charge on any atom is 0.240 e. The van der Waals surface area contributed by atoms with E-state index in [1.54, 1.807) is 29.2 Å². The van der Waals surface area contributed by atoms with Crippen LogP contribution >= 0.6 is 13.5 Å². The van der Waals surface area contributed by atoms with E-state index in [-0.39, 0.29) is 43.5 Å². The van der Waals surface area contributed by atoms with Crippen molar-refractivity contribution in [2.24, 2.45) is 5.73 Å². The second-order valence-corrected chi connectivity index (χ2v) is 10.4. The van der Waals surface area contributed by atoms with E-state index in [0.717, 1.165) is 18.4 Å². The highest BCUT2D eigenvalue weighted by Crippen LogP contribution is 2.33. The van der Waals surface area contributed by atoms with E-state index in [1.165, 1.54) is 24.3 Å². The molecule has 0 bridgehead atoms. The molecule has 0 fully saturated rings. The van der Waals surface area contributed by atoms with Crippen LogP contribution in [0.15, 0.2) is 72.8 Å². The number of fused-ring (bicyclic) bond motifs is 1. The Bertz CT molecular complexity index is 1560. The zero-order valence-electron chi connectivity index (χ0n) is 23.9. The molecule has 0 saturated carbocycles. The van der Waals surface area contributed by atoms with Crippen molar-refractivity contribution in [3.63, 3.8) is 0 Å². The van der Waals surface area contributed by atoms with Crippen LogP contribution in [0.5, 0.6) is 0 Å². The zero-order valence-corrected chi connectivity index (χ0v) is 24.9.